The van der Waals surface area contributed by atoms with E-state index in [-0.39, 0.29) is 4.91 Å². The van der Waals surface area contributed by atoms with Crippen molar-refractivity contribution in [2.75, 3.05) is 13.7 Å². The fourth-order valence-electron chi connectivity index (χ4n) is 1.88. The maximum Gasteiger partial charge on any atom is 0.342 e. The molecule has 7 nitrogen and oxygen atoms in total. The van der Waals surface area contributed by atoms with E-state index in [1.54, 1.807) is 19.1 Å². The smallest absolute Gasteiger partial charge is 0.342 e. The maximum absolute atomic E-state index is 11.5. The van der Waals surface area contributed by atoms with Crippen LogP contribution in [0.15, 0.2) is 22.2 Å². The lowest BCUT2D eigenvalue weighted by Gasteiger charge is -2.12. The van der Waals surface area contributed by atoms with Crippen LogP contribution in [0, 0.1) is 6.92 Å². The molecule has 0 aliphatic carbocycles. The Morgan fingerprint density at radius 1 is 1.50 bits per heavy atom. The van der Waals surface area contributed by atoms with Crippen LogP contribution in [0.2, 0.25) is 5.02 Å². The summed E-state index contributed by atoms with van der Waals surface area (Å²) >= 11 is 7.12. The molecule has 1 aromatic carbocycles. The van der Waals surface area contributed by atoms with Crippen molar-refractivity contribution in [3.05, 3.63) is 33.4 Å². The molecule has 0 bridgehead atoms. The lowest BCUT2D eigenvalue weighted by atomic mass is 10.2. The maximum atomic E-state index is 11.5. The molecule has 0 unspecified atom stereocenters. The van der Waals surface area contributed by atoms with Crippen LogP contribution in [0.4, 0.5) is 0 Å². The molecule has 2 aromatic rings. The number of rotatable bonds is 7. The predicted octanol–water partition coefficient (Wildman–Crippen LogP) is 3.39. The van der Waals surface area contributed by atoms with Crippen LogP contribution in [-0.4, -0.2) is 40.0 Å². The second kappa shape index (κ2) is 8.07. The number of carbonyl (C=O) groups is 1. The van der Waals surface area contributed by atoms with Gasteiger partial charge >= 0.3 is 5.97 Å². The summed E-state index contributed by atoms with van der Waals surface area (Å²) in [6.45, 7) is 4.00. The summed E-state index contributed by atoms with van der Waals surface area (Å²) in [6.07, 6.45) is 1.48. The Kier molecular flexibility index (Phi) is 6.10. The van der Waals surface area contributed by atoms with E-state index in [1.807, 2.05) is 6.92 Å². The number of H-pyrrole nitrogens is 1. The van der Waals surface area contributed by atoms with Gasteiger partial charge in [0.05, 0.1) is 18.7 Å². The summed E-state index contributed by atoms with van der Waals surface area (Å²) in [5, 5.41) is 16.6. The van der Waals surface area contributed by atoms with Crippen LogP contribution in [0.25, 0.3) is 6.08 Å². The number of aromatic amines is 1. The van der Waals surface area contributed by atoms with E-state index >= 15 is 0 Å². The van der Waals surface area contributed by atoms with E-state index in [2.05, 4.69) is 15.2 Å². The first-order valence-corrected chi connectivity index (χ1v) is 8.16. The molecule has 1 heterocycles. The third-order valence-electron chi connectivity index (χ3n) is 2.82. The van der Waals surface area contributed by atoms with Gasteiger partial charge in [0.15, 0.2) is 11.5 Å². The first-order valence-electron chi connectivity index (χ1n) is 6.96. The van der Waals surface area contributed by atoms with Crippen LogP contribution in [0.3, 0.4) is 0 Å². The van der Waals surface area contributed by atoms with Crippen molar-refractivity contribution in [1.29, 1.82) is 0 Å². The highest BCUT2D eigenvalue weighted by Crippen LogP contribution is 2.37. The summed E-state index contributed by atoms with van der Waals surface area (Å²) in [5.41, 5.74) is 0.571. The van der Waals surface area contributed by atoms with E-state index in [0.29, 0.717) is 39.7 Å². The quantitative estimate of drug-likeness (QED) is 0.570. The Hall–Kier alpha value is -2.19. The molecule has 0 aliphatic rings. The minimum absolute atomic E-state index is 0.0534. The molecule has 0 atom stereocenters. The number of aromatic nitrogens is 3. The average Bonchev–Trinajstić information content (AvgIpc) is 2.92. The van der Waals surface area contributed by atoms with Crippen molar-refractivity contribution in [3.8, 4) is 11.5 Å². The monoisotopic (exact) mass is 369 g/mol. The minimum atomic E-state index is -1.09. The molecule has 0 saturated carbocycles. The highest BCUT2D eigenvalue weighted by Gasteiger charge is 2.15. The second-order valence-electron chi connectivity index (χ2n) is 4.59. The summed E-state index contributed by atoms with van der Waals surface area (Å²) in [4.78, 5) is 15.6. The fourth-order valence-corrected chi connectivity index (χ4v) is 2.93. The van der Waals surface area contributed by atoms with Gasteiger partial charge in [0.2, 0.25) is 5.16 Å². The molecule has 9 heteroatoms. The van der Waals surface area contributed by atoms with Crippen LogP contribution in [0.5, 0.6) is 11.5 Å². The molecule has 2 N–H and O–H groups in total. The van der Waals surface area contributed by atoms with Gasteiger partial charge in [0.1, 0.15) is 10.7 Å². The van der Waals surface area contributed by atoms with Crippen molar-refractivity contribution in [2.45, 2.75) is 19.0 Å². The van der Waals surface area contributed by atoms with Gasteiger partial charge in [-0.25, -0.2) is 9.78 Å². The topological polar surface area (TPSA) is 97.3 Å². The normalized spacial score (nSPS) is 11.4. The van der Waals surface area contributed by atoms with Gasteiger partial charge in [-0.1, -0.05) is 11.6 Å². The molecule has 2 rings (SSSR count). The summed E-state index contributed by atoms with van der Waals surface area (Å²) in [5.74, 6) is 0.368. The SMILES string of the molecule is CCOc1cc(/C=C(/Sc2n[nH]c(C)n2)C(=O)O)cc(Cl)c1OC. The number of carboxylic acid groups (broad SMARTS) is 1. The highest BCUT2D eigenvalue weighted by atomic mass is 35.5. The van der Waals surface area contributed by atoms with Crippen molar-refractivity contribution in [1.82, 2.24) is 15.2 Å². The lowest BCUT2D eigenvalue weighted by molar-refractivity contribution is -0.131. The first kappa shape index (κ1) is 18.2. The molecule has 0 saturated heterocycles. The molecular weight excluding hydrogens is 354 g/mol. The molecule has 0 radical (unpaired) electrons. The zero-order valence-corrected chi connectivity index (χ0v) is 14.9. The molecule has 0 amide bonds. The zero-order valence-electron chi connectivity index (χ0n) is 13.3. The predicted molar refractivity (Wildman–Crippen MR) is 91.8 cm³/mol. The largest absolute Gasteiger partial charge is 0.491 e. The molecule has 0 fully saturated rings. The van der Waals surface area contributed by atoms with E-state index in [4.69, 9.17) is 21.1 Å². The summed E-state index contributed by atoms with van der Waals surface area (Å²) in [6, 6.07) is 3.27. The van der Waals surface area contributed by atoms with Crippen molar-refractivity contribution in [2.24, 2.45) is 0 Å². The number of nitrogens with zero attached hydrogens (tertiary/aromatic N) is 2. The van der Waals surface area contributed by atoms with Gasteiger partial charge in [-0.3, -0.25) is 5.10 Å². The van der Waals surface area contributed by atoms with Gasteiger partial charge in [-0.2, -0.15) is 0 Å². The third kappa shape index (κ3) is 4.42. The molecule has 0 spiro atoms. The van der Waals surface area contributed by atoms with E-state index in [9.17, 15) is 9.90 Å². The van der Waals surface area contributed by atoms with Crippen LogP contribution in [-0.2, 0) is 4.79 Å². The van der Waals surface area contributed by atoms with Gasteiger partial charge < -0.3 is 14.6 Å². The van der Waals surface area contributed by atoms with E-state index in [0.717, 1.165) is 11.8 Å². The van der Waals surface area contributed by atoms with Gasteiger partial charge in [-0.05, 0) is 49.4 Å². The van der Waals surface area contributed by atoms with Crippen molar-refractivity contribution < 1.29 is 19.4 Å². The number of ether oxygens (including phenoxy) is 2. The number of nitrogens with one attached hydrogen (secondary N) is 1. The van der Waals surface area contributed by atoms with Gasteiger partial charge in [0.25, 0.3) is 0 Å². The highest BCUT2D eigenvalue weighted by molar-refractivity contribution is 8.04. The van der Waals surface area contributed by atoms with Crippen LogP contribution < -0.4 is 9.47 Å². The standard InChI is InChI=1S/C15H16ClN3O4S/c1-4-23-11-6-9(5-10(16)13(11)22-3)7-12(14(20)21)24-15-17-8(2)18-19-15/h5-7H,4H2,1-3H3,(H,20,21)(H,17,18,19)/b12-7+. The molecule has 128 valence electrons. The van der Waals surface area contributed by atoms with Crippen LogP contribution >= 0.6 is 23.4 Å². The fraction of sp³-hybridized carbons (Fsp3) is 0.267. The Morgan fingerprint density at radius 3 is 2.79 bits per heavy atom. The Morgan fingerprint density at radius 2 is 2.25 bits per heavy atom. The van der Waals surface area contributed by atoms with Crippen molar-refractivity contribution >= 4 is 35.4 Å². The number of hydrogen-bond donors (Lipinski definition) is 2. The Labute approximate surface area is 148 Å². The Bertz CT molecular complexity index is 776. The van der Waals surface area contributed by atoms with Gasteiger partial charge in [0, 0.05) is 0 Å². The number of hydrogen-bond acceptors (Lipinski definition) is 6. The number of methoxy groups -OCH3 is 1. The average molecular weight is 370 g/mol. The number of benzene rings is 1. The number of thioether (sulfide) groups is 1. The number of halogens is 1. The summed E-state index contributed by atoms with van der Waals surface area (Å²) < 4.78 is 10.7. The van der Waals surface area contributed by atoms with Crippen LogP contribution in [0.1, 0.15) is 18.3 Å². The minimum Gasteiger partial charge on any atom is -0.491 e. The number of carboxylic acids is 1. The Balaban J connectivity index is 2.39. The molecule has 1 aromatic heterocycles. The third-order valence-corrected chi connectivity index (χ3v) is 3.98. The van der Waals surface area contributed by atoms with Crippen molar-refractivity contribution in [3.63, 3.8) is 0 Å². The number of aliphatic carboxylic acids is 1. The van der Waals surface area contributed by atoms with Gasteiger partial charge in [-0.15, -0.1) is 5.10 Å². The molecule has 24 heavy (non-hydrogen) atoms. The molecular formula is C15H16ClN3O4S. The lowest BCUT2D eigenvalue weighted by Crippen LogP contribution is -1.99. The molecule has 0 aliphatic heterocycles. The number of aryl methyl sites for hydroxylation is 1. The summed E-state index contributed by atoms with van der Waals surface area (Å²) in [7, 11) is 1.49. The second-order valence-corrected chi connectivity index (χ2v) is 6.00. The van der Waals surface area contributed by atoms with E-state index < -0.39 is 5.97 Å². The zero-order chi connectivity index (χ0) is 17.7. The first-order chi connectivity index (χ1) is 11.4. The van der Waals surface area contributed by atoms with E-state index in [1.165, 1.54) is 13.2 Å².